The van der Waals surface area contributed by atoms with Gasteiger partial charge >= 0.3 is 0 Å². The first kappa shape index (κ1) is 27.4. The van der Waals surface area contributed by atoms with Gasteiger partial charge in [-0.1, -0.05) is 15.9 Å². The summed E-state index contributed by atoms with van der Waals surface area (Å²) in [5.74, 6) is -0.798. The Kier molecular flexibility index (Phi) is 14.2. The molecule has 2 amide bonds. The zero-order valence-corrected chi connectivity index (χ0v) is 19.6. The minimum absolute atomic E-state index is 0.0202. The molecule has 0 unspecified atom stereocenters. The van der Waals surface area contributed by atoms with E-state index < -0.39 is 12.0 Å². The topological polar surface area (TPSA) is 147 Å². The summed E-state index contributed by atoms with van der Waals surface area (Å²) >= 11 is 3.09. The molecule has 1 saturated heterocycles. The monoisotopic (exact) mass is 502 g/mol. The summed E-state index contributed by atoms with van der Waals surface area (Å²) in [6.07, 6.45) is 4.24. The van der Waals surface area contributed by atoms with Crippen LogP contribution in [-0.2, 0) is 24.0 Å². The fourth-order valence-corrected chi connectivity index (χ4v) is 3.71. The molecule has 0 aromatic carbocycles. The van der Waals surface area contributed by atoms with E-state index in [1.165, 1.54) is 0 Å². The van der Waals surface area contributed by atoms with Gasteiger partial charge in [0.25, 0.3) is 0 Å². The Bertz CT molecular complexity index is 629. The molecule has 5 N–H and O–H groups in total. The Labute approximate surface area is 192 Å². The Hall–Kier alpha value is -1.65. The zero-order chi connectivity index (χ0) is 23.1. The summed E-state index contributed by atoms with van der Waals surface area (Å²) in [7, 11) is 0. The van der Waals surface area contributed by atoms with Crippen LogP contribution >= 0.6 is 15.9 Å². The van der Waals surface area contributed by atoms with Crippen LogP contribution < -0.4 is 21.7 Å². The Morgan fingerprint density at radius 1 is 1.06 bits per heavy atom. The Balaban J connectivity index is 2.70. The molecule has 0 spiro atoms. The van der Waals surface area contributed by atoms with Gasteiger partial charge in [0.15, 0.2) is 0 Å². The van der Waals surface area contributed by atoms with E-state index in [4.69, 9.17) is 5.73 Å². The predicted octanol–water partition coefficient (Wildman–Crippen LogP) is 0.726. The van der Waals surface area contributed by atoms with Gasteiger partial charge in [-0.3, -0.25) is 29.3 Å². The SMILES string of the molecule is NCC(=O)[C@@H]1CCC(=O)CCCC(=O)NCN[C@@H](CCCCNC(=O)CBr)C(=O)CC1. The van der Waals surface area contributed by atoms with Crippen LogP contribution in [0.25, 0.3) is 0 Å². The molecule has 9 nitrogen and oxygen atoms in total. The Morgan fingerprint density at radius 3 is 2.52 bits per heavy atom. The second kappa shape index (κ2) is 16.0. The van der Waals surface area contributed by atoms with E-state index in [2.05, 4.69) is 31.9 Å². The number of nitrogens with two attached hydrogens (primary N) is 1. The first-order valence-electron chi connectivity index (χ1n) is 11.0. The number of unbranched alkanes of at least 4 members (excludes halogenated alkanes) is 1. The van der Waals surface area contributed by atoms with Gasteiger partial charge in [-0.25, -0.2) is 0 Å². The lowest BCUT2D eigenvalue weighted by atomic mass is 9.89. The molecule has 176 valence electrons. The summed E-state index contributed by atoms with van der Waals surface area (Å²) in [5, 5.41) is 8.84. The molecule has 31 heavy (non-hydrogen) atoms. The molecule has 0 aromatic heterocycles. The maximum absolute atomic E-state index is 12.8. The molecule has 0 bridgehead atoms. The van der Waals surface area contributed by atoms with Crippen LogP contribution in [-0.4, -0.2) is 60.3 Å². The number of alkyl halides is 1. The molecule has 0 radical (unpaired) electrons. The van der Waals surface area contributed by atoms with Gasteiger partial charge in [0, 0.05) is 38.1 Å². The molecule has 2 atom stereocenters. The lowest BCUT2D eigenvalue weighted by molar-refractivity contribution is -0.125. The van der Waals surface area contributed by atoms with Crippen molar-refractivity contribution in [1.82, 2.24) is 16.0 Å². The number of hydrogen-bond acceptors (Lipinski definition) is 7. The van der Waals surface area contributed by atoms with Crippen LogP contribution in [0.4, 0.5) is 0 Å². The molecule has 1 aliphatic heterocycles. The van der Waals surface area contributed by atoms with E-state index in [1.807, 2.05) is 0 Å². The van der Waals surface area contributed by atoms with Gasteiger partial charge in [-0.15, -0.1) is 0 Å². The van der Waals surface area contributed by atoms with Crippen LogP contribution in [0.15, 0.2) is 0 Å². The first-order chi connectivity index (χ1) is 14.9. The molecule has 1 aliphatic rings. The molecule has 0 saturated carbocycles. The van der Waals surface area contributed by atoms with Crippen LogP contribution in [0.1, 0.15) is 64.2 Å². The number of halogens is 1. The molecule has 1 rings (SSSR count). The molecule has 0 aromatic rings. The smallest absolute Gasteiger partial charge is 0.230 e. The highest BCUT2D eigenvalue weighted by molar-refractivity contribution is 9.09. The normalized spacial score (nSPS) is 22.2. The predicted molar refractivity (Wildman–Crippen MR) is 120 cm³/mol. The van der Waals surface area contributed by atoms with Crippen molar-refractivity contribution in [2.75, 3.05) is 25.1 Å². The summed E-state index contributed by atoms with van der Waals surface area (Å²) in [5.41, 5.74) is 5.51. The van der Waals surface area contributed by atoms with Crippen molar-refractivity contribution in [1.29, 1.82) is 0 Å². The number of amides is 2. The quantitative estimate of drug-likeness (QED) is 0.282. The molecular formula is C21H35BrN4O5. The van der Waals surface area contributed by atoms with Gasteiger partial charge < -0.3 is 16.4 Å². The summed E-state index contributed by atoms with van der Waals surface area (Å²) < 4.78 is 0. The third kappa shape index (κ3) is 12.1. The average Bonchev–Trinajstić information content (AvgIpc) is 2.76. The number of nitrogens with one attached hydrogen (secondary N) is 3. The Morgan fingerprint density at radius 2 is 1.81 bits per heavy atom. The maximum atomic E-state index is 12.8. The first-order valence-corrected chi connectivity index (χ1v) is 12.1. The lowest BCUT2D eigenvalue weighted by Crippen LogP contribution is -2.44. The van der Waals surface area contributed by atoms with Gasteiger partial charge in [-0.2, -0.15) is 0 Å². The van der Waals surface area contributed by atoms with Crippen molar-refractivity contribution in [3.8, 4) is 0 Å². The van der Waals surface area contributed by atoms with Crippen molar-refractivity contribution in [2.45, 2.75) is 70.3 Å². The fourth-order valence-electron chi connectivity index (χ4n) is 3.52. The van der Waals surface area contributed by atoms with Crippen molar-refractivity contribution < 1.29 is 24.0 Å². The number of carbonyl (C=O) groups excluding carboxylic acids is 5. The van der Waals surface area contributed by atoms with Gasteiger partial charge in [0.05, 0.1) is 24.6 Å². The largest absolute Gasteiger partial charge is 0.355 e. The second-order valence-corrected chi connectivity index (χ2v) is 8.38. The minimum atomic E-state index is -0.451. The summed E-state index contributed by atoms with van der Waals surface area (Å²) in [6, 6.07) is -0.451. The van der Waals surface area contributed by atoms with Crippen LogP contribution in [0.5, 0.6) is 0 Å². The molecule has 1 fully saturated rings. The molecular weight excluding hydrogens is 468 g/mol. The van der Waals surface area contributed by atoms with Gasteiger partial charge in [0.2, 0.25) is 11.8 Å². The van der Waals surface area contributed by atoms with Crippen molar-refractivity contribution in [3.05, 3.63) is 0 Å². The lowest BCUT2D eigenvalue weighted by Gasteiger charge is -2.20. The van der Waals surface area contributed by atoms with Gasteiger partial charge in [-0.05, 0) is 38.5 Å². The minimum Gasteiger partial charge on any atom is -0.355 e. The van der Waals surface area contributed by atoms with Crippen molar-refractivity contribution in [3.63, 3.8) is 0 Å². The van der Waals surface area contributed by atoms with Crippen LogP contribution in [0.2, 0.25) is 0 Å². The zero-order valence-electron chi connectivity index (χ0n) is 18.1. The summed E-state index contributed by atoms with van der Waals surface area (Å²) in [4.78, 5) is 60.2. The standard InChI is InChI=1S/C21H35BrN4O5/c22-12-21(31)24-11-2-1-5-17-18(28)10-8-15(19(29)13-23)7-9-16(27)4-3-6-20(30)26-14-25-17/h15,17,25H,1-14,23H2,(H,24,31)(H,26,30)/t15-,17+/m1/s1. The molecule has 10 heteroatoms. The third-order valence-electron chi connectivity index (χ3n) is 5.41. The summed E-state index contributed by atoms with van der Waals surface area (Å²) in [6.45, 7) is 0.588. The van der Waals surface area contributed by atoms with E-state index in [-0.39, 0.29) is 67.0 Å². The van der Waals surface area contributed by atoms with Crippen molar-refractivity contribution >= 4 is 45.1 Å². The second-order valence-electron chi connectivity index (χ2n) is 7.82. The third-order valence-corrected chi connectivity index (χ3v) is 5.92. The number of hydrogen-bond donors (Lipinski definition) is 4. The van der Waals surface area contributed by atoms with E-state index in [0.717, 1.165) is 12.8 Å². The van der Waals surface area contributed by atoms with E-state index >= 15 is 0 Å². The van der Waals surface area contributed by atoms with E-state index in [9.17, 15) is 24.0 Å². The van der Waals surface area contributed by atoms with E-state index in [1.54, 1.807) is 0 Å². The highest BCUT2D eigenvalue weighted by atomic mass is 79.9. The number of Topliss-reactive ketones (excluding diaryl/α,β-unsaturated/α-hetero) is 3. The number of rotatable bonds is 8. The highest BCUT2D eigenvalue weighted by Gasteiger charge is 2.23. The van der Waals surface area contributed by atoms with Crippen molar-refractivity contribution in [2.24, 2.45) is 11.7 Å². The average molecular weight is 503 g/mol. The molecule has 1 heterocycles. The van der Waals surface area contributed by atoms with Crippen LogP contribution in [0, 0.1) is 5.92 Å². The molecule has 0 aliphatic carbocycles. The number of carbonyl (C=O) groups is 5. The maximum Gasteiger partial charge on any atom is 0.230 e. The number of ketones is 3. The van der Waals surface area contributed by atoms with Gasteiger partial charge in [0.1, 0.15) is 17.3 Å². The van der Waals surface area contributed by atoms with E-state index in [0.29, 0.717) is 38.6 Å². The highest BCUT2D eigenvalue weighted by Crippen LogP contribution is 2.18. The van der Waals surface area contributed by atoms with Crippen LogP contribution in [0.3, 0.4) is 0 Å². The fraction of sp³-hybridized carbons (Fsp3) is 0.762.